The molecule has 0 radical (unpaired) electrons. The molecule has 0 aliphatic carbocycles. The second-order valence-electron chi connectivity index (χ2n) is 6.38. The van der Waals surface area contributed by atoms with E-state index in [4.69, 9.17) is 62.7 Å². The highest BCUT2D eigenvalue weighted by atomic mass is 35.5. The van der Waals surface area contributed by atoms with Gasteiger partial charge in [0.2, 0.25) is 5.88 Å². The van der Waals surface area contributed by atoms with Crippen molar-refractivity contribution >= 4 is 75.6 Å². The number of rotatable bonds is 4. The van der Waals surface area contributed by atoms with Crippen LogP contribution in [0.5, 0.6) is 11.6 Å². The van der Waals surface area contributed by atoms with E-state index in [-0.39, 0.29) is 43.0 Å². The normalized spacial score (nSPS) is 11.2. The molecule has 0 saturated heterocycles. The number of hydrogen-bond acceptors (Lipinski definition) is 4. The molecule has 3 aromatic rings. The Morgan fingerprint density at radius 2 is 1.47 bits per heavy atom. The number of alkyl halides is 3. The highest BCUT2D eigenvalue weighted by molar-refractivity contribution is 6.40. The largest absolute Gasteiger partial charge is 0.434 e. The summed E-state index contributed by atoms with van der Waals surface area (Å²) in [7, 11) is 0. The molecule has 0 bridgehead atoms. The van der Waals surface area contributed by atoms with Crippen molar-refractivity contribution in [3.8, 4) is 11.6 Å². The molecule has 34 heavy (non-hydrogen) atoms. The van der Waals surface area contributed by atoms with Crippen molar-refractivity contribution in [1.82, 2.24) is 10.3 Å². The number of carbonyl (C=O) groups excluding carboxylic acids is 2. The topological polar surface area (TPSA) is 80.3 Å². The van der Waals surface area contributed by atoms with Gasteiger partial charge < -0.3 is 10.1 Å². The number of nitrogens with one attached hydrogen (secondary N) is 2. The first kappa shape index (κ1) is 26.2. The van der Waals surface area contributed by atoms with E-state index in [0.29, 0.717) is 12.3 Å². The average Bonchev–Trinajstić information content (AvgIpc) is 2.70. The molecule has 0 fully saturated rings. The number of hydrogen-bond donors (Lipinski definition) is 2. The molecule has 0 aliphatic heterocycles. The molecule has 3 rings (SSSR count). The van der Waals surface area contributed by atoms with E-state index in [2.05, 4.69) is 10.3 Å². The third-order valence-electron chi connectivity index (χ3n) is 4.01. The summed E-state index contributed by atoms with van der Waals surface area (Å²) in [6, 6.07) is 6.50. The summed E-state index contributed by atoms with van der Waals surface area (Å²) in [6.45, 7) is 0. The van der Waals surface area contributed by atoms with Crippen LogP contribution in [0.2, 0.25) is 25.1 Å². The lowest BCUT2D eigenvalue weighted by Gasteiger charge is -2.14. The van der Waals surface area contributed by atoms with Crippen molar-refractivity contribution in [1.29, 1.82) is 0 Å². The molecular formula is C20H9Cl5F3N3O3. The minimum Gasteiger partial charge on any atom is -0.434 e. The smallest absolute Gasteiger partial charge is 0.417 e. The average molecular weight is 574 g/mol. The quantitative estimate of drug-likeness (QED) is 0.330. The van der Waals surface area contributed by atoms with Crippen LogP contribution in [0.3, 0.4) is 0 Å². The van der Waals surface area contributed by atoms with Gasteiger partial charge in [-0.1, -0.05) is 64.1 Å². The zero-order chi connectivity index (χ0) is 25.2. The fourth-order valence-electron chi connectivity index (χ4n) is 2.52. The Morgan fingerprint density at radius 3 is 2.00 bits per heavy atom. The lowest BCUT2D eigenvalue weighted by Crippen LogP contribution is -2.34. The Labute approximate surface area is 214 Å². The van der Waals surface area contributed by atoms with Crippen LogP contribution < -0.4 is 15.4 Å². The number of imide groups is 1. The van der Waals surface area contributed by atoms with Crippen LogP contribution >= 0.6 is 58.0 Å². The molecule has 2 N–H and O–H groups in total. The van der Waals surface area contributed by atoms with Crippen LogP contribution in [0.1, 0.15) is 15.9 Å². The Kier molecular flexibility index (Phi) is 8.05. The van der Waals surface area contributed by atoms with E-state index in [1.165, 1.54) is 30.3 Å². The van der Waals surface area contributed by atoms with Crippen LogP contribution in [0.15, 0.2) is 42.6 Å². The van der Waals surface area contributed by atoms with E-state index in [9.17, 15) is 22.8 Å². The molecule has 0 saturated carbocycles. The van der Waals surface area contributed by atoms with E-state index < -0.39 is 28.7 Å². The van der Waals surface area contributed by atoms with E-state index >= 15 is 0 Å². The third kappa shape index (κ3) is 6.17. The second kappa shape index (κ2) is 10.5. The third-order valence-corrected chi connectivity index (χ3v) is 5.47. The first-order valence-corrected chi connectivity index (χ1v) is 10.7. The zero-order valence-electron chi connectivity index (χ0n) is 16.2. The first-order chi connectivity index (χ1) is 15.9. The Balaban J connectivity index is 1.74. The molecule has 2 aromatic carbocycles. The van der Waals surface area contributed by atoms with Crippen molar-refractivity contribution in [3.63, 3.8) is 0 Å². The van der Waals surface area contributed by atoms with Gasteiger partial charge in [0.25, 0.3) is 5.91 Å². The molecule has 0 spiro atoms. The highest BCUT2D eigenvalue weighted by Gasteiger charge is 2.32. The second-order valence-corrected chi connectivity index (χ2v) is 8.42. The number of aromatic nitrogens is 1. The molecule has 178 valence electrons. The van der Waals surface area contributed by atoms with Crippen molar-refractivity contribution in [2.24, 2.45) is 0 Å². The van der Waals surface area contributed by atoms with Crippen LogP contribution in [-0.2, 0) is 6.18 Å². The number of urea groups is 1. The lowest BCUT2D eigenvalue weighted by atomic mass is 10.2. The van der Waals surface area contributed by atoms with Gasteiger partial charge in [0.1, 0.15) is 5.02 Å². The van der Waals surface area contributed by atoms with Gasteiger partial charge in [-0.25, -0.2) is 9.78 Å². The standard InChI is InChI=1S/C20H9Cl5F3N3O3/c21-10-2-1-3-11(22)15(10)17(32)31-19(33)30-9-5-12(23)16(13(24)6-9)34-18-14(25)4-8(7-29-18)20(26,27)28/h1-7H,(H2,30,31,32,33). The van der Waals surface area contributed by atoms with Crippen molar-refractivity contribution in [3.05, 3.63) is 78.8 Å². The summed E-state index contributed by atoms with van der Waals surface area (Å²) >= 11 is 30.0. The predicted molar refractivity (Wildman–Crippen MR) is 124 cm³/mol. The van der Waals surface area contributed by atoms with Crippen LogP contribution in [0.25, 0.3) is 0 Å². The van der Waals surface area contributed by atoms with Crippen LogP contribution in [0, 0.1) is 0 Å². The van der Waals surface area contributed by atoms with Gasteiger partial charge in [-0.05, 0) is 30.3 Å². The molecule has 0 aliphatic rings. The van der Waals surface area contributed by atoms with E-state index in [1.807, 2.05) is 5.32 Å². The Bertz CT molecular complexity index is 1240. The number of amides is 3. The van der Waals surface area contributed by atoms with Gasteiger partial charge in [-0.15, -0.1) is 0 Å². The fraction of sp³-hybridized carbons (Fsp3) is 0.0500. The van der Waals surface area contributed by atoms with Crippen LogP contribution in [0.4, 0.5) is 23.7 Å². The van der Waals surface area contributed by atoms with Crippen molar-refractivity contribution in [2.45, 2.75) is 6.18 Å². The van der Waals surface area contributed by atoms with Crippen molar-refractivity contribution in [2.75, 3.05) is 5.32 Å². The fourth-order valence-corrected chi connectivity index (χ4v) is 3.86. The number of anilines is 1. The Hall–Kier alpha value is -2.43. The Morgan fingerprint density at radius 1 is 0.882 bits per heavy atom. The first-order valence-electron chi connectivity index (χ1n) is 8.82. The van der Waals surface area contributed by atoms with Crippen LogP contribution in [-0.4, -0.2) is 16.9 Å². The maximum atomic E-state index is 12.8. The maximum absolute atomic E-state index is 12.8. The predicted octanol–water partition coefficient (Wildman–Crippen LogP) is 8.12. The van der Waals surface area contributed by atoms with Gasteiger partial charge in [0.15, 0.2) is 5.75 Å². The summed E-state index contributed by atoms with van der Waals surface area (Å²) in [4.78, 5) is 28.0. The highest BCUT2D eigenvalue weighted by Crippen LogP contribution is 2.41. The van der Waals surface area contributed by atoms with E-state index in [1.54, 1.807) is 0 Å². The molecule has 1 heterocycles. The summed E-state index contributed by atoms with van der Waals surface area (Å²) in [5.74, 6) is -1.41. The number of carbonyl (C=O) groups is 2. The van der Waals surface area contributed by atoms with Gasteiger partial charge in [0.05, 0.1) is 31.2 Å². The van der Waals surface area contributed by atoms with Gasteiger partial charge in [-0.2, -0.15) is 13.2 Å². The minimum atomic E-state index is -4.64. The van der Waals surface area contributed by atoms with Crippen molar-refractivity contribution < 1.29 is 27.5 Å². The molecule has 0 unspecified atom stereocenters. The molecule has 1 aromatic heterocycles. The number of nitrogens with zero attached hydrogens (tertiary/aromatic N) is 1. The minimum absolute atomic E-state index is 0.0425. The number of halogens is 8. The number of ether oxygens (including phenoxy) is 1. The van der Waals surface area contributed by atoms with E-state index in [0.717, 1.165) is 0 Å². The van der Waals surface area contributed by atoms with Gasteiger partial charge >= 0.3 is 12.2 Å². The lowest BCUT2D eigenvalue weighted by molar-refractivity contribution is -0.137. The maximum Gasteiger partial charge on any atom is 0.417 e. The zero-order valence-corrected chi connectivity index (χ0v) is 20.0. The number of pyridine rings is 1. The van der Waals surface area contributed by atoms with Gasteiger partial charge in [0, 0.05) is 11.9 Å². The number of benzene rings is 2. The molecule has 0 atom stereocenters. The molecular weight excluding hydrogens is 564 g/mol. The van der Waals surface area contributed by atoms with Gasteiger partial charge in [-0.3, -0.25) is 10.1 Å². The molecule has 14 heteroatoms. The summed E-state index contributed by atoms with van der Waals surface area (Å²) in [5, 5.41) is 3.77. The summed E-state index contributed by atoms with van der Waals surface area (Å²) < 4.78 is 43.6. The molecule has 3 amide bonds. The SMILES string of the molecule is O=C(NC(=O)c1c(Cl)cccc1Cl)Nc1cc(Cl)c(Oc2ncc(C(F)(F)F)cc2Cl)c(Cl)c1. The summed E-state index contributed by atoms with van der Waals surface area (Å²) in [5.41, 5.74) is -1.11. The monoisotopic (exact) mass is 571 g/mol. The summed E-state index contributed by atoms with van der Waals surface area (Å²) in [6.07, 6.45) is -4.11. The molecule has 6 nitrogen and oxygen atoms in total.